The zero-order chi connectivity index (χ0) is 11.4. The largest absolute Gasteiger partial charge is 0.387 e. The fourth-order valence-corrected chi connectivity index (χ4v) is 2.04. The van der Waals surface area contributed by atoms with Gasteiger partial charge in [0.1, 0.15) is 0 Å². The van der Waals surface area contributed by atoms with Crippen molar-refractivity contribution in [1.82, 2.24) is 4.90 Å². The Balaban J connectivity index is 1.94. The molecule has 0 aromatic heterocycles. The van der Waals surface area contributed by atoms with Gasteiger partial charge in [0.15, 0.2) is 0 Å². The molecule has 1 fully saturated rings. The number of rotatable bonds is 3. The fraction of sp³-hybridized carbons (Fsp3) is 0.538. The van der Waals surface area contributed by atoms with E-state index in [1.165, 1.54) is 0 Å². The molecule has 2 unspecified atom stereocenters. The lowest BCUT2D eigenvalue weighted by molar-refractivity contribution is -0.0203. The van der Waals surface area contributed by atoms with Crippen LogP contribution in [0.4, 0.5) is 0 Å². The molecule has 88 valence electrons. The first-order chi connectivity index (χ1) is 7.77. The summed E-state index contributed by atoms with van der Waals surface area (Å²) < 4.78 is 5.38. The summed E-state index contributed by atoms with van der Waals surface area (Å²) in [7, 11) is 0. The van der Waals surface area contributed by atoms with Crippen molar-refractivity contribution in [2.45, 2.75) is 19.1 Å². The smallest absolute Gasteiger partial charge is 0.0917 e. The second-order valence-electron chi connectivity index (χ2n) is 4.35. The van der Waals surface area contributed by atoms with Gasteiger partial charge in [0.25, 0.3) is 0 Å². The number of aliphatic hydroxyl groups excluding tert-OH is 1. The van der Waals surface area contributed by atoms with Crippen molar-refractivity contribution in [3.63, 3.8) is 0 Å². The highest BCUT2D eigenvalue weighted by molar-refractivity contribution is 5.17. The van der Waals surface area contributed by atoms with Gasteiger partial charge in [-0.15, -0.1) is 0 Å². The number of aliphatic hydroxyl groups is 1. The van der Waals surface area contributed by atoms with E-state index < -0.39 is 6.10 Å². The summed E-state index contributed by atoms with van der Waals surface area (Å²) in [6.07, 6.45) is -0.401. The third-order valence-corrected chi connectivity index (χ3v) is 3.10. The van der Waals surface area contributed by atoms with Gasteiger partial charge in [-0.25, -0.2) is 0 Å². The third kappa shape index (κ3) is 2.82. The molecular formula is C13H19NO2. The summed E-state index contributed by atoms with van der Waals surface area (Å²) in [5, 5.41) is 10.1. The summed E-state index contributed by atoms with van der Waals surface area (Å²) in [5.74, 6) is 0. The van der Waals surface area contributed by atoms with Crippen LogP contribution in [0.3, 0.4) is 0 Å². The first-order valence-corrected chi connectivity index (χ1v) is 5.82. The predicted octanol–water partition coefficient (Wildman–Crippen LogP) is 1.44. The third-order valence-electron chi connectivity index (χ3n) is 3.10. The first-order valence-electron chi connectivity index (χ1n) is 5.82. The maximum absolute atomic E-state index is 10.1. The molecule has 3 heteroatoms. The highest BCUT2D eigenvalue weighted by Gasteiger charge is 2.21. The van der Waals surface area contributed by atoms with Gasteiger partial charge in [0.05, 0.1) is 19.3 Å². The maximum atomic E-state index is 10.1. The SMILES string of the molecule is CC1COCCN1CC(O)c1ccccc1. The molecule has 1 N–H and O–H groups in total. The highest BCUT2D eigenvalue weighted by atomic mass is 16.5. The van der Waals surface area contributed by atoms with Crippen LogP contribution in [0.1, 0.15) is 18.6 Å². The lowest BCUT2D eigenvalue weighted by Crippen LogP contribution is -2.45. The molecule has 2 rings (SSSR count). The Hall–Kier alpha value is -0.900. The van der Waals surface area contributed by atoms with Gasteiger partial charge < -0.3 is 9.84 Å². The van der Waals surface area contributed by atoms with Gasteiger partial charge in [0.2, 0.25) is 0 Å². The van der Waals surface area contributed by atoms with E-state index in [0.29, 0.717) is 12.6 Å². The number of ether oxygens (including phenoxy) is 1. The summed E-state index contributed by atoms with van der Waals surface area (Å²) >= 11 is 0. The van der Waals surface area contributed by atoms with Gasteiger partial charge in [-0.2, -0.15) is 0 Å². The van der Waals surface area contributed by atoms with Crippen LogP contribution >= 0.6 is 0 Å². The van der Waals surface area contributed by atoms with Crippen LogP contribution in [0.25, 0.3) is 0 Å². The minimum absolute atomic E-state index is 0.395. The molecule has 0 radical (unpaired) electrons. The minimum atomic E-state index is -0.401. The van der Waals surface area contributed by atoms with E-state index >= 15 is 0 Å². The van der Waals surface area contributed by atoms with E-state index in [-0.39, 0.29) is 0 Å². The average molecular weight is 221 g/mol. The molecule has 0 saturated carbocycles. The van der Waals surface area contributed by atoms with Crippen molar-refractivity contribution in [2.75, 3.05) is 26.3 Å². The van der Waals surface area contributed by atoms with E-state index in [1.807, 2.05) is 30.3 Å². The van der Waals surface area contributed by atoms with E-state index in [1.54, 1.807) is 0 Å². The van der Waals surface area contributed by atoms with Gasteiger partial charge in [-0.05, 0) is 12.5 Å². The fourth-order valence-electron chi connectivity index (χ4n) is 2.04. The summed E-state index contributed by atoms with van der Waals surface area (Å²) in [6, 6.07) is 10.2. The topological polar surface area (TPSA) is 32.7 Å². The normalized spacial score (nSPS) is 24.2. The standard InChI is InChI=1S/C13H19NO2/c1-11-10-16-8-7-14(11)9-13(15)12-5-3-2-4-6-12/h2-6,11,13,15H,7-10H2,1H3. The van der Waals surface area contributed by atoms with Crippen LogP contribution in [0.2, 0.25) is 0 Å². The first kappa shape index (κ1) is 11.6. The second-order valence-corrected chi connectivity index (χ2v) is 4.35. The molecule has 0 aliphatic carbocycles. The molecule has 16 heavy (non-hydrogen) atoms. The lowest BCUT2D eigenvalue weighted by Gasteiger charge is -2.34. The minimum Gasteiger partial charge on any atom is -0.387 e. The zero-order valence-electron chi connectivity index (χ0n) is 9.67. The monoisotopic (exact) mass is 221 g/mol. The highest BCUT2D eigenvalue weighted by Crippen LogP contribution is 2.16. The van der Waals surface area contributed by atoms with Crippen molar-refractivity contribution in [2.24, 2.45) is 0 Å². The van der Waals surface area contributed by atoms with E-state index in [9.17, 15) is 5.11 Å². The molecule has 1 saturated heterocycles. The van der Waals surface area contributed by atoms with Crippen molar-refractivity contribution in [3.05, 3.63) is 35.9 Å². The molecule has 1 aliphatic heterocycles. The number of β-amino-alcohol motifs (C(OH)–C–C–N with tert-alkyl or cyclic N) is 1. The van der Waals surface area contributed by atoms with Gasteiger partial charge in [0, 0.05) is 19.1 Å². The Labute approximate surface area is 96.6 Å². The molecule has 1 aliphatic rings. The zero-order valence-corrected chi connectivity index (χ0v) is 9.67. The number of morpholine rings is 1. The Morgan fingerprint density at radius 3 is 2.88 bits per heavy atom. The molecule has 0 bridgehead atoms. The van der Waals surface area contributed by atoms with Crippen LogP contribution in [0.15, 0.2) is 30.3 Å². The van der Waals surface area contributed by atoms with E-state index in [2.05, 4.69) is 11.8 Å². The van der Waals surface area contributed by atoms with Crippen LogP contribution in [-0.4, -0.2) is 42.4 Å². The van der Waals surface area contributed by atoms with Crippen LogP contribution in [-0.2, 0) is 4.74 Å². The number of hydrogen-bond acceptors (Lipinski definition) is 3. The van der Waals surface area contributed by atoms with Crippen molar-refractivity contribution >= 4 is 0 Å². The Kier molecular flexibility index (Phi) is 3.93. The predicted molar refractivity (Wildman–Crippen MR) is 63.3 cm³/mol. The van der Waals surface area contributed by atoms with Gasteiger partial charge in [-0.3, -0.25) is 4.90 Å². The molecule has 0 amide bonds. The summed E-state index contributed by atoms with van der Waals surface area (Å²) in [5.41, 5.74) is 0.987. The Morgan fingerprint density at radius 2 is 2.19 bits per heavy atom. The number of hydrogen-bond donors (Lipinski definition) is 1. The quantitative estimate of drug-likeness (QED) is 0.838. The lowest BCUT2D eigenvalue weighted by atomic mass is 10.1. The molecular weight excluding hydrogens is 202 g/mol. The van der Waals surface area contributed by atoms with E-state index in [0.717, 1.165) is 25.3 Å². The van der Waals surface area contributed by atoms with E-state index in [4.69, 9.17) is 4.74 Å². The molecule has 1 aromatic carbocycles. The number of benzene rings is 1. The summed E-state index contributed by atoms with van der Waals surface area (Å²) in [4.78, 5) is 2.28. The molecule has 1 aromatic rings. The molecule has 3 nitrogen and oxygen atoms in total. The Bertz CT molecular complexity index is 315. The van der Waals surface area contributed by atoms with Gasteiger partial charge in [-0.1, -0.05) is 30.3 Å². The van der Waals surface area contributed by atoms with Crippen molar-refractivity contribution < 1.29 is 9.84 Å². The Morgan fingerprint density at radius 1 is 1.44 bits per heavy atom. The van der Waals surface area contributed by atoms with Crippen molar-refractivity contribution in [3.8, 4) is 0 Å². The van der Waals surface area contributed by atoms with Crippen LogP contribution in [0.5, 0.6) is 0 Å². The second kappa shape index (κ2) is 5.43. The number of nitrogens with zero attached hydrogens (tertiary/aromatic N) is 1. The van der Waals surface area contributed by atoms with Crippen LogP contribution < -0.4 is 0 Å². The molecule has 0 spiro atoms. The van der Waals surface area contributed by atoms with Crippen molar-refractivity contribution in [1.29, 1.82) is 0 Å². The maximum Gasteiger partial charge on any atom is 0.0917 e. The van der Waals surface area contributed by atoms with Gasteiger partial charge >= 0.3 is 0 Å². The van der Waals surface area contributed by atoms with Crippen LogP contribution in [0, 0.1) is 0 Å². The molecule has 2 atom stereocenters. The summed E-state index contributed by atoms with van der Waals surface area (Å²) in [6.45, 7) is 5.27. The molecule has 1 heterocycles. The average Bonchev–Trinajstić information content (AvgIpc) is 2.33.